The van der Waals surface area contributed by atoms with Crippen molar-refractivity contribution in [1.29, 1.82) is 0 Å². The average Bonchev–Trinajstić information content (AvgIpc) is 0.920. The van der Waals surface area contributed by atoms with E-state index in [0.29, 0.717) is 31.6 Å². The van der Waals surface area contributed by atoms with E-state index in [4.69, 9.17) is 37.0 Å². The van der Waals surface area contributed by atoms with Crippen molar-refractivity contribution in [3.05, 3.63) is 0 Å². The van der Waals surface area contributed by atoms with Crippen LogP contribution < -0.4 is 0 Å². The number of hydrogen-bond donors (Lipinski definition) is 3. The molecule has 0 bridgehead atoms. The maximum Gasteiger partial charge on any atom is 0.472 e. The van der Waals surface area contributed by atoms with Crippen LogP contribution in [0.4, 0.5) is 0 Å². The van der Waals surface area contributed by atoms with E-state index in [-0.39, 0.29) is 25.7 Å². The third-order valence-electron chi connectivity index (χ3n) is 19.9. The Morgan fingerprint density at radius 1 is 0.260 bits per heavy atom. The molecule has 0 radical (unpaired) electrons. The van der Waals surface area contributed by atoms with E-state index in [1.54, 1.807) is 0 Å². The SMILES string of the molecule is CCCCCCCCCCCCCCCCCCCCCC(=O)OC[C@H](COP(=O)(O)OC[C@@H](O)COP(=O)(O)OC[C@@H](COC(=O)CCCCCCCCCC(C)C)OC(=O)CCCCCCCCCCCCCC(C)C)OC(=O)CCCCCCCCCCCCCCCCCCCCC(C)C. The van der Waals surface area contributed by atoms with Gasteiger partial charge in [0.2, 0.25) is 0 Å². The molecule has 0 spiro atoms. The lowest BCUT2D eigenvalue weighted by Gasteiger charge is -2.21. The smallest absolute Gasteiger partial charge is 0.462 e. The molecule has 0 saturated heterocycles. The highest BCUT2D eigenvalue weighted by Crippen LogP contribution is 2.45. The Hall–Kier alpha value is -1.94. The van der Waals surface area contributed by atoms with Crippen molar-refractivity contribution in [2.45, 2.75) is 465 Å². The zero-order valence-electron chi connectivity index (χ0n) is 68.5. The number of aliphatic hydroxyl groups is 1. The zero-order chi connectivity index (χ0) is 76.5. The van der Waals surface area contributed by atoms with Crippen LogP contribution in [0.2, 0.25) is 0 Å². The van der Waals surface area contributed by atoms with Gasteiger partial charge in [-0.25, -0.2) is 9.13 Å². The summed E-state index contributed by atoms with van der Waals surface area (Å²) >= 11 is 0. The molecule has 0 amide bonds. The molecule has 0 aliphatic carbocycles. The normalized spacial score (nSPS) is 13.9. The van der Waals surface area contributed by atoms with Crippen LogP contribution in [0.25, 0.3) is 0 Å². The van der Waals surface area contributed by atoms with Crippen molar-refractivity contribution in [2.75, 3.05) is 39.6 Å². The highest BCUT2D eigenvalue weighted by Gasteiger charge is 2.30. The van der Waals surface area contributed by atoms with E-state index in [0.717, 1.165) is 108 Å². The quantitative estimate of drug-likeness (QED) is 0.0222. The van der Waals surface area contributed by atoms with Gasteiger partial charge in [0.25, 0.3) is 0 Å². The highest BCUT2D eigenvalue weighted by atomic mass is 31.2. The number of hydrogen-bond acceptors (Lipinski definition) is 15. The predicted molar refractivity (Wildman–Crippen MR) is 428 cm³/mol. The Labute approximate surface area is 638 Å². The van der Waals surface area contributed by atoms with Gasteiger partial charge >= 0.3 is 39.5 Å². The van der Waals surface area contributed by atoms with Gasteiger partial charge in [0.05, 0.1) is 26.4 Å². The van der Waals surface area contributed by atoms with Gasteiger partial charge in [-0.2, -0.15) is 0 Å². The molecule has 17 nitrogen and oxygen atoms in total. The molecule has 0 aliphatic rings. The highest BCUT2D eigenvalue weighted by molar-refractivity contribution is 7.47. The minimum atomic E-state index is -4.97. The predicted octanol–water partition coefficient (Wildman–Crippen LogP) is 25.7. The summed E-state index contributed by atoms with van der Waals surface area (Å²) in [6.45, 7) is 11.9. The van der Waals surface area contributed by atoms with E-state index >= 15 is 0 Å². The molecule has 19 heteroatoms. The number of carbonyl (C=O) groups is 4. The first-order valence-corrected chi connectivity index (χ1v) is 46.8. The minimum Gasteiger partial charge on any atom is -0.462 e. The summed E-state index contributed by atoms with van der Waals surface area (Å²) in [5, 5.41) is 10.7. The topological polar surface area (TPSA) is 237 Å². The molecule has 0 rings (SSSR count). The van der Waals surface area contributed by atoms with Gasteiger partial charge in [0, 0.05) is 25.7 Å². The van der Waals surface area contributed by atoms with Crippen molar-refractivity contribution in [3.63, 3.8) is 0 Å². The standard InChI is InChI=1S/C85H166O17P2/c1-8-9-10-11-12-13-14-15-16-17-18-22-25-28-33-38-45-52-59-66-82(87)95-72-80(101-84(89)68-61-54-46-39-34-29-26-23-20-19-21-24-27-31-36-42-49-56-63-76(2)3)74-99-103(91,92)97-70-79(86)71-98-104(93,94)100-75-81(73-96-83(88)67-60-53-48-41-44-51-58-65-78(6)7)102-85(90)69-62-55-47-40-35-30-32-37-43-50-57-64-77(4)5/h76-81,86H,8-75H2,1-7H3,(H,91,92)(H,93,94)/t79-,80-,81-/m1/s1. The number of carbonyl (C=O) groups excluding carboxylic acids is 4. The molecular formula is C85H166O17P2. The second kappa shape index (κ2) is 75.1. The number of phosphoric acid groups is 2. The minimum absolute atomic E-state index is 0.106. The van der Waals surface area contributed by atoms with Crippen molar-refractivity contribution in [1.82, 2.24) is 0 Å². The Kier molecular flexibility index (Phi) is 73.7. The van der Waals surface area contributed by atoms with Gasteiger partial charge in [-0.15, -0.1) is 0 Å². The number of rotatable bonds is 83. The Morgan fingerprint density at radius 2 is 0.442 bits per heavy atom. The lowest BCUT2D eigenvalue weighted by atomic mass is 10.0. The van der Waals surface area contributed by atoms with Crippen LogP contribution in [-0.4, -0.2) is 96.7 Å². The van der Waals surface area contributed by atoms with E-state index in [1.807, 2.05) is 0 Å². The van der Waals surface area contributed by atoms with Crippen molar-refractivity contribution in [2.24, 2.45) is 17.8 Å². The molecule has 0 saturated carbocycles. The summed E-state index contributed by atoms with van der Waals surface area (Å²) in [7, 11) is -9.93. The number of phosphoric ester groups is 2. The van der Waals surface area contributed by atoms with Crippen LogP contribution >= 0.6 is 15.6 Å². The van der Waals surface area contributed by atoms with Crippen molar-refractivity contribution < 1.29 is 80.2 Å². The van der Waals surface area contributed by atoms with Crippen LogP contribution in [0.1, 0.15) is 447 Å². The molecule has 104 heavy (non-hydrogen) atoms. The van der Waals surface area contributed by atoms with Crippen LogP contribution in [0, 0.1) is 17.8 Å². The fourth-order valence-corrected chi connectivity index (χ4v) is 14.8. The van der Waals surface area contributed by atoms with Crippen LogP contribution in [-0.2, 0) is 65.4 Å². The van der Waals surface area contributed by atoms with Gasteiger partial charge in [0.1, 0.15) is 19.3 Å². The maximum absolute atomic E-state index is 13.1. The molecule has 618 valence electrons. The summed E-state index contributed by atoms with van der Waals surface area (Å²) in [6, 6.07) is 0. The fraction of sp³-hybridized carbons (Fsp3) is 0.953. The van der Waals surface area contributed by atoms with Crippen molar-refractivity contribution >= 4 is 39.5 Å². The monoisotopic (exact) mass is 1520 g/mol. The second-order valence-electron chi connectivity index (χ2n) is 32.0. The van der Waals surface area contributed by atoms with Gasteiger partial charge < -0.3 is 33.8 Å². The molecule has 0 fully saturated rings. The maximum atomic E-state index is 13.1. The lowest BCUT2D eigenvalue weighted by molar-refractivity contribution is -0.161. The number of esters is 4. The van der Waals surface area contributed by atoms with E-state index < -0.39 is 97.5 Å². The van der Waals surface area contributed by atoms with Crippen LogP contribution in [0.5, 0.6) is 0 Å². The molecule has 0 heterocycles. The molecule has 0 aromatic rings. The van der Waals surface area contributed by atoms with Gasteiger partial charge in [-0.05, 0) is 43.4 Å². The number of aliphatic hydroxyl groups excluding tert-OH is 1. The van der Waals surface area contributed by atoms with E-state index in [9.17, 15) is 43.2 Å². The van der Waals surface area contributed by atoms with E-state index in [2.05, 4.69) is 48.5 Å². The average molecular weight is 1520 g/mol. The Morgan fingerprint density at radius 3 is 0.654 bits per heavy atom. The van der Waals surface area contributed by atoms with Gasteiger partial charge in [-0.1, -0.05) is 395 Å². The van der Waals surface area contributed by atoms with E-state index in [1.165, 1.54) is 250 Å². The number of ether oxygens (including phenoxy) is 4. The first-order valence-electron chi connectivity index (χ1n) is 43.8. The molecule has 0 aromatic heterocycles. The Bertz CT molecular complexity index is 2010. The molecular weight excluding hydrogens is 1350 g/mol. The second-order valence-corrected chi connectivity index (χ2v) is 34.9. The first-order chi connectivity index (χ1) is 50.2. The molecule has 0 aliphatic heterocycles. The summed E-state index contributed by atoms with van der Waals surface area (Å²) in [5.41, 5.74) is 0. The molecule has 5 atom stereocenters. The summed E-state index contributed by atoms with van der Waals surface area (Å²) in [4.78, 5) is 73.1. The zero-order valence-corrected chi connectivity index (χ0v) is 70.3. The van der Waals surface area contributed by atoms with Gasteiger partial charge in [0.15, 0.2) is 12.2 Å². The van der Waals surface area contributed by atoms with Crippen molar-refractivity contribution in [3.8, 4) is 0 Å². The fourth-order valence-electron chi connectivity index (χ4n) is 13.2. The summed E-state index contributed by atoms with van der Waals surface area (Å²) < 4.78 is 68.8. The third-order valence-corrected chi connectivity index (χ3v) is 21.8. The van der Waals surface area contributed by atoms with Crippen LogP contribution in [0.3, 0.4) is 0 Å². The first kappa shape index (κ1) is 102. The number of unbranched alkanes of at least 4 members (excludes halogenated alkanes) is 51. The molecule has 2 unspecified atom stereocenters. The largest absolute Gasteiger partial charge is 0.472 e. The molecule has 3 N–H and O–H groups in total. The Balaban J connectivity index is 5.22. The lowest BCUT2D eigenvalue weighted by Crippen LogP contribution is -2.30. The summed E-state index contributed by atoms with van der Waals surface area (Å²) in [5.74, 6) is 0.183. The summed E-state index contributed by atoms with van der Waals surface area (Å²) in [6.07, 6.45) is 65.4. The third kappa shape index (κ3) is 78.2. The van der Waals surface area contributed by atoms with Gasteiger partial charge in [-0.3, -0.25) is 37.3 Å². The van der Waals surface area contributed by atoms with Crippen LogP contribution in [0.15, 0.2) is 0 Å². The molecule has 0 aromatic carbocycles.